The highest BCUT2D eigenvalue weighted by molar-refractivity contribution is 5.77. The first kappa shape index (κ1) is 18.4. The number of amides is 1. The zero-order valence-corrected chi connectivity index (χ0v) is 13.2. The van der Waals surface area contributed by atoms with Gasteiger partial charge in [-0.3, -0.25) is 4.79 Å². The van der Waals surface area contributed by atoms with Crippen LogP contribution >= 0.6 is 0 Å². The van der Waals surface area contributed by atoms with Crippen molar-refractivity contribution in [2.24, 2.45) is 5.73 Å². The molecule has 124 valence electrons. The van der Waals surface area contributed by atoms with E-state index in [1.807, 2.05) is 24.3 Å². The number of nitrogens with two attached hydrogens (primary N) is 1. The molecule has 1 aromatic rings. The number of nitrogens with one attached hydrogen (secondary N) is 1. The van der Waals surface area contributed by atoms with Crippen molar-refractivity contribution in [2.75, 3.05) is 46.1 Å². The van der Waals surface area contributed by atoms with Gasteiger partial charge in [0.15, 0.2) is 6.61 Å². The number of aryl methyl sites for hydroxylation is 1. The van der Waals surface area contributed by atoms with Crippen LogP contribution in [0.2, 0.25) is 0 Å². The Kier molecular flexibility index (Phi) is 10.0. The zero-order chi connectivity index (χ0) is 16.0. The summed E-state index contributed by atoms with van der Waals surface area (Å²) < 4.78 is 15.9. The largest absolute Gasteiger partial charge is 0.484 e. The van der Waals surface area contributed by atoms with Crippen LogP contribution in [-0.2, 0) is 20.7 Å². The fourth-order valence-electron chi connectivity index (χ4n) is 1.69. The number of rotatable bonds is 12. The van der Waals surface area contributed by atoms with Crippen LogP contribution in [0, 0.1) is 0 Å². The summed E-state index contributed by atoms with van der Waals surface area (Å²) in [6.07, 6.45) is 0.984. The molecule has 0 saturated heterocycles. The molecule has 22 heavy (non-hydrogen) atoms. The normalized spacial score (nSPS) is 10.5. The van der Waals surface area contributed by atoms with Crippen LogP contribution in [0.25, 0.3) is 0 Å². The molecule has 1 amide bonds. The first-order chi connectivity index (χ1) is 10.8. The average Bonchev–Trinajstić information content (AvgIpc) is 2.56. The molecule has 0 radical (unpaired) electrons. The van der Waals surface area contributed by atoms with Crippen molar-refractivity contribution in [3.8, 4) is 5.75 Å². The Morgan fingerprint density at radius 1 is 1.09 bits per heavy atom. The molecule has 0 saturated carbocycles. The minimum atomic E-state index is -0.164. The second-order valence-corrected chi connectivity index (χ2v) is 4.65. The summed E-state index contributed by atoms with van der Waals surface area (Å²) in [6.45, 7) is 5.06. The van der Waals surface area contributed by atoms with Gasteiger partial charge in [0, 0.05) is 13.1 Å². The van der Waals surface area contributed by atoms with Crippen LogP contribution in [0.5, 0.6) is 5.75 Å². The number of carbonyl (C=O) groups excluding carboxylic acids is 1. The Labute approximate surface area is 131 Å². The number of hydrogen-bond donors (Lipinski definition) is 2. The Balaban J connectivity index is 2.01. The molecule has 0 fully saturated rings. The van der Waals surface area contributed by atoms with Crippen molar-refractivity contribution >= 4 is 5.91 Å². The van der Waals surface area contributed by atoms with Gasteiger partial charge in [-0.2, -0.15) is 0 Å². The van der Waals surface area contributed by atoms with E-state index in [1.165, 1.54) is 5.56 Å². The third-order valence-corrected chi connectivity index (χ3v) is 2.90. The second kappa shape index (κ2) is 12.0. The Morgan fingerprint density at radius 3 is 2.41 bits per heavy atom. The number of hydrogen-bond acceptors (Lipinski definition) is 5. The van der Waals surface area contributed by atoms with E-state index in [9.17, 15) is 4.79 Å². The first-order valence-corrected chi connectivity index (χ1v) is 7.60. The van der Waals surface area contributed by atoms with E-state index < -0.39 is 0 Å². The Hall–Kier alpha value is -1.63. The maximum atomic E-state index is 11.6. The SMILES string of the molecule is CCc1ccc(OCC(=O)NCCOCCOCCN)cc1. The molecule has 0 aliphatic rings. The van der Waals surface area contributed by atoms with E-state index in [4.69, 9.17) is 19.9 Å². The number of benzene rings is 1. The lowest BCUT2D eigenvalue weighted by molar-refractivity contribution is -0.123. The summed E-state index contributed by atoms with van der Waals surface area (Å²) >= 11 is 0. The van der Waals surface area contributed by atoms with Gasteiger partial charge >= 0.3 is 0 Å². The molecule has 0 aliphatic carbocycles. The van der Waals surface area contributed by atoms with Crippen LogP contribution in [-0.4, -0.2) is 52.0 Å². The summed E-state index contributed by atoms with van der Waals surface area (Å²) in [7, 11) is 0. The highest BCUT2D eigenvalue weighted by atomic mass is 16.5. The van der Waals surface area contributed by atoms with E-state index in [2.05, 4.69) is 12.2 Å². The molecule has 0 atom stereocenters. The molecular formula is C16H26N2O4. The molecule has 1 aromatic carbocycles. The topological polar surface area (TPSA) is 82.8 Å². The second-order valence-electron chi connectivity index (χ2n) is 4.65. The zero-order valence-electron chi connectivity index (χ0n) is 13.2. The summed E-state index contributed by atoms with van der Waals surface area (Å²) in [5, 5.41) is 2.73. The molecule has 0 heterocycles. The summed E-state index contributed by atoms with van der Waals surface area (Å²) in [6, 6.07) is 7.73. The number of carbonyl (C=O) groups is 1. The molecule has 0 aliphatic heterocycles. The monoisotopic (exact) mass is 310 g/mol. The van der Waals surface area contributed by atoms with Crippen molar-refractivity contribution in [1.82, 2.24) is 5.32 Å². The predicted molar refractivity (Wildman–Crippen MR) is 85.0 cm³/mol. The van der Waals surface area contributed by atoms with Gasteiger partial charge in [-0.25, -0.2) is 0 Å². The highest BCUT2D eigenvalue weighted by Crippen LogP contribution is 2.12. The Morgan fingerprint density at radius 2 is 1.77 bits per heavy atom. The van der Waals surface area contributed by atoms with Gasteiger partial charge in [-0.15, -0.1) is 0 Å². The summed E-state index contributed by atoms with van der Waals surface area (Å²) in [5.74, 6) is 0.531. The fraction of sp³-hybridized carbons (Fsp3) is 0.562. The average molecular weight is 310 g/mol. The van der Waals surface area contributed by atoms with Gasteiger partial charge in [-0.1, -0.05) is 19.1 Å². The lowest BCUT2D eigenvalue weighted by Crippen LogP contribution is -2.31. The van der Waals surface area contributed by atoms with Gasteiger partial charge in [0.05, 0.1) is 26.4 Å². The van der Waals surface area contributed by atoms with Crippen LogP contribution in [0.1, 0.15) is 12.5 Å². The minimum absolute atomic E-state index is 0.00504. The molecule has 0 aromatic heterocycles. The predicted octanol–water partition coefficient (Wildman–Crippen LogP) is 0.736. The van der Waals surface area contributed by atoms with Crippen molar-refractivity contribution in [3.63, 3.8) is 0 Å². The van der Waals surface area contributed by atoms with E-state index in [0.717, 1.165) is 6.42 Å². The summed E-state index contributed by atoms with van der Waals surface area (Å²) in [4.78, 5) is 11.6. The fourth-order valence-corrected chi connectivity index (χ4v) is 1.69. The molecular weight excluding hydrogens is 284 g/mol. The molecule has 3 N–H and O–H groups in total. The Bertz CT molecular complexity index is 409. The van der Waals surface area contributed by atoms with Gasteiger partial charge in [0.1, 0.15) is 5.75 Å². The van der Waals surface area contributed by atoms with E-state index >= 15 is 0 Å². The maximum Gasteiger partial charge on any atom is 0.258 e. The molecule has 1 rings (SSSR count). The molecule has 0 unspecified atom stereocenters. The third kappa shape index (κ3) is 8.61. The standard InChI is InChI=1S/C16H26N2O4/c1-2-14-3-5-15(6-4-14)22-13-16(19)18-8-10-21-12-11-20-9-7-17/h3-6H,2,7-13,17H2,1H3,(H,18,19). The van der Waals surface area contributed by atoms with Crippen molar-refractivity contribution in [2.45, 2.75) is 13.3 Å². The van der Waals surface area contributed by atoms with E-state index in [1.54, 1.807) is 0 Å². The van der Waals surface area contributed by atoms with Crippen LogP contribution < -0.4 is 15.8 Å². The lowest BCUT2D eigenvalue weighted by Gasteiger charge is -2.08. The van der Waals surface area contributed by atoms with Crippen molar-refractivity contribution in [3.05, 3.63) is 29.8 Å². The van der Waals surface area contributed by atoms with Gasteiger partial charge in [0.25, 0.3) is 5.91 Å². The highest BCUT2D eigenvalue weighted by Gasteiger charge is 2.02. The smallest absolute Gasteiger partial charge is 0.258 e. The van der Waals surface area contributed by atoms with Gasteiger partial charge in [-0.05, 0) is 24.1 Å². The third-order valence-electron chi connectivity index (χ3n) is 2.90. The van der Waals surface area contributed by atoms with Crippen molar-refractivity contribution in [1.29, 1.82) is 0 Å². The van der Waals surface area contributed by atoms with Crippen LogP contribution in [0.15, 0.2) is 24.3 Å². The van der Waals surface area contributed by atoms with Gasteiger partial charge < -0.3 is 25.3 Å². The quantitative estimate of drug-likeness (QED) is 0.556. The van der Waals surface area contributed by atoms with Crippen LogP contribution in [0.3, 0.4) is 0 Å². The molecule has 0 bridgehead atoms. The minimum Gasteiger partial charge on any atom is -0.484 e. The summed E-state index contributed by atoms with van der Waals surface area (Å²) in [5.41, 5.74) is 6.52. The molecule has 6 nitrogen and oxygen atoms in total. The molecule has 0 spiro atoms. The van der Waals surface area contributed by atoms with Gasteiger partial charge in [0.2, 0.25) is 0 Å². The van der Waals surface area contributed by atoms with Crippen LogP contribution in [0.4, 0.5) is 0 Å². The number of ether oxygens (including phenoxy) is 3. The first-order valence-electron chi connectivity index (χ1n) is 7.60. The maximum absolute atomic E-state index is 11.6. The van der Waals surface area contributed by atoms with Crippen molar-refractivity contribution < 1.29 is 19.0 Å². The molecule has 6 heteroatoms. The van der Waals surface area contributed by atoms with E-state index in [-0.39, 0.29) is 12.5 Å². The van der Waals surface area contributed by atoms with E-state index in [0.29, 0.717) is 45.3 Å². The lowest BCUT2D eigenvalue weighted by atomic mass is 10.2.